The van der Waals surface area contributed by atoms with Crippen molar-refractivity contribution in [1.82, 2.24) is 0 Å². The molecule has 0 unspecified atom stereocenters. The van der Waals surface area contributed by atoms with Gasteiger partial charge in [0.05, 0.1) is 0 Å². The fourth-order valence-corrected chi connectivity index (χ4v) is 1.18. The third-order valence-corrected chi connectivity index (χ3v) is 1.86. The summed E-state index contributed by atoms with van der Waals surface area (Å²) in [4.78, 5) is 0. The van der Waals surface area contributed by atoms with E-state index in [2.05, 4.69) is 39.0 Å². The van der Waals surface area contributed by atoms with E-state index >= 15 is 0 Å². The van der Waals surface area contributed by atoms with Gasteiger partial charge in [-0.25, -0.2) is 0 Å². The van der Waals surface area contributed by atoms with Gasteiger partial charge in [0.2, 0.25) is 0 Å². The van der Waals surface area contributed by atoms with Crippen LogP contribution in [0.4, 0.5) is 0 Å². The lowest BCUT2D eigenvalue weighted by Gasteiger charge is -2.03. The maximum absolute atomic E-state index is 5.55. The van der Waals surface area contributed by atoms with Gasteiger partial charge in [-0.1, -0.05) is 38.1 Å². The minimum absolute atomic E-state index is 0.594. The zero-order valence-corrected chi connectivity index (χ0v) is 9.16. The van der Waals surface area contributed by atoms with Crippen molar-refractivity contribution in [1.29, 1.82) is 0 Å². The normalized spacial score (nSPS) is 11.1. The standard InChI is InChI=1S/C13H18O/c1-11(2)6-5-9-14-13-8-4-7-12(3)10-13/h4-8,10-11H,9H2,1-3H3/b6-5-. The first-order valence-electron chi connectivity index (χ1n) is 5.04. The van der Waals surface area contributed by atoms with Crippen molar-refractivity contribution in [3.8, 4) is 5.75 Å². The second-order valence-corrected chi connectivity index (χ2v) is 3.80. The second-order valence-electron chi connectivity index (χ2n) is 3.80. The van der Waals surface area contributed by atoms with Gasteiger partial charge in [0.15, 0.2) is 0 Å². The molecular weight excluding hydrogens is 172 g/mol. The smallest absolute Gasteiger partial charge is 0.120 e. The topological polar surface area (TPSA) is 9.23 Å². The Balaban J connectivity index is 2.38. The molecule has 0 aliphatic carbocycles. The summed E-state index contributed by atoms with van der Waals surface area (Å²) in [5, 5.41) is 0. The van der Waals surface area contributed by atoms with Gasteiger partial charge in [-0.05, 0) is 30.5 Å². The number of aryl methyl sites for hydroxylation is 1. The summed E-state index contributed by atoms with van der Waals surface area (Å²) in [6.07, 6.45) is 4.21. The predicted molar refractivity (Wildman–Crippen MR) is 60.7 cm³/mol. The molecule has 0 heterocycles. The van der Waals surface area contributed by atoms with Crippen molar-refractivity contribution >= 4 is 0 Å². The molecule has 0 saturated heterocycles. The molecule has 1 rings (SSSR count). The molecule has 0 aliphatic rings. The van der Waals surface area contributed by atoms with Gasteiger partial charge in [0.1, 0.15) is 12.4 Å². The highest BCUT2D eigenvalue weighted by Crippen LogP contribution is 2.12. The Morgan fingerprint density at radius 1 is 1.36 bits per heavy atom. The number of hydrogen-bond acceptors (Lipinski definition) is 1. The molecule has 14 heavy (non-hydrogen) atoms. The lowest BCUT2D eigenvalue weighted by atomic mass is 10.2. The van der Waals surface area contributed by atoms with Crippen molar-refractivity contribution < 1.29 is 4.74 Å². The Bertz CT molecular complexity index is 300. The first kappa shape index (κ1) is 10.8. The van der Waals surface area contributed by atoms with Crippen LogP contribution in [0.15, 0.2) is 36.4 Å². The van der Waals surface area contributed by atoms with Crippen LogP contribution in [0.3, 0.4) is 0 Å². The van der Waals surface area contributed by atoms with Gasteiger partial charge in [0.25, 0.3) is 0 Å². The van der Waals surface area contributed by atoms with Gasteiger partial charge in [-0.15, -0.1) is 0 Å². The summed E-state index contributed by atoms with van der Waals surface area (Å²) in [6, 6.07) is 8.10. The van der Waals surface area contributed by atoms with Crippen molar-refractivity contribution in [2.24, 2.45) is 5.92 Å². The summed E-state index contributed by atoms with van der Waals surface area (Å²) in [5.41, 5.74) is 1.23. The lowest BCUT2D eigenvalue weighted by Crippen LogP contribution is -1.94. The third-order valence-electron chi connectivity index (χ3n) is 1.86. The first-order valence-corrected chi connectivity index (χ1v) is 5.04. The van der Waals surface area contributed by atoms with Crippen molar-refractivity contribution in [3.05, 3.63) is 42.0 Å². The Kier molecular flexibility index (Phi) is 4.24. The SMILES string of the molecule is Cc1cccc(OC/C=C\C(C)C)c1. The summed E-state index contributed by atoms with van der Waals surface area (Å²) < 4.78 is 5.55. The average molecular weight is 190 g/mol. The Labute approximate surface area is 86.4 Å². The number of hydrogen-bond donors (Lipinski definition) is 0. The minimum Gasteiger partial charge on any atom is -0.490 e. The molecule has 0 aromatic heterocycles. The van der Waals surface area contributed by atoms with Crippen LogP contribution in [0, 0.1) is 12.8 Å². The van der Waals surface area contributed by atoms with Gasteiger partial charge in [-0.2, -0.15) is 0 Å². The van der Waals surface area contributed by atoms with E-state index in [0.29, 0.717) is 12.5 Å². The third kappa shape index (κ3) is 4.13. The van der Waals surface area contributed by atoms with E-state index in [1.165, 1.54) is 5.56 Å². The Morgan fingerprint density at radius 2 is 2.14 bits per heavy atom. The minimum atomic E-state index is 0.594. The maximum atomic E-state index is 5.55. The predicted octanol–water partition coefficient (Wildman–Crippen LogP) is 3.59. The molecule has 0 aliphatic heterocycles. The van der Waals surface area contributed by atoms with Crippen LogP contribution < -0.4 is 4.74 Å². The van der Waals surface area contributed by atoms with Crippen LogP contribution in [0.2, 0.25) is 0 Å². The van der Waals surface area contributed by atoms with E-state index in [-0.39, 0.29) is 0 Å². The highest BCUT2D eigenvalue weighted by molar-refractivity contribution is 5.27. The number of ether oxygens (including phenoxy) is 1. The number of rotatable bonds is 4. The molecule has 0 N–H and O–H groups in total. The van der Waals surface area contributed by atoms with Gasteiger partial charge in [0, 0.05) is 0 Å². The lowest BCUT2D eigenvalue weighted by molar-refractivity contribution is 0.362. The molecule has 0 amide bonds. The van der Waals surface area contributed by atoms with Crippen molar-refractivity contribution in [2.75, 3.05) is 6.61 Å². The van der Waals surface area contributed by atoms with Crippen molar-refractivity contribution in [2.45, 2.75) is 20.8 Å². The van der Waals surface area contributed by atoms with E-state index in [9.17, 15) is 0 Å². The zero-order valence-electron chi connectivity index (χ0n) is 9.16. The van der Waals surface area contributed by atoms with Crippen molar-refractivity contribution in [3.63, 3.8) is 0 Å². The molecule has 0 spiro atoms. The van der Waals surface area contributed by atoms with E-state index < -0.39 is 0 Å². The average Bonchev–Trinajstić information content (AvgIpc) is 2.12. The molecule has 1 heteroatoms. The molecule has 0 radical (unpaired) electrons. The second kappa shape index (κ2) is 5.48. The van der Waals surface area contributed by atoms with Crippen LogP contribution in [0.25, 0.3) is 0 Å². The van der Waals surface area contributed by atoms with Crippen LogP contribution >= 0.6 is 0 Å². The fourth-order valence-electron chi connectivity index (χ4n) is 1.18. The van der Waals surface area contributed by atoms with Gasteiger partial charge >= 0.3 is 0 Å². The first-order chi connectivity index (χ1) is 6.68. The number of allylic oxidation sites excluding steroid dienone is 1. The van der Waals surface area contributed by atoms with E-state index in [4.69, 9.17) is 4.74 Å². The largest absolute Gasteiger partial charge is 0.490 e. The highest BCUT2D eigenvalue weighted by atomic mass is 16.5. The number of benzene rings is 1. The zero-order chi connectivity index (χ0) is 10.4. The quantitative estimate of drug-likeness (QED) is 0.659. The summed E-state index contributed by atoms with van der Waals surface area (Å²) in [5.74, 6) is 1.54. The maximum Gasteiger partial charge on any atom is 0.120 e. The summed E-state index contributed by atoms with van der Waals surface area (Å²) in [6.45, 7) is 7.03. The fraction of sp³-hybridized carbons (Fsp3) is 0.385. The van der Waals surface area contributed by atoms with Gasteiger partial charge in [-0.3, -0.25) is 0 Å². The molecular formula is C13H18O. The van der Waals surface area contributed by atoms with Crippen LogP contribution in [0.1, 0.15) is 19.4 Å². The summed E-state index contributed by atoms with van der Waals surface area (Å²) >= 11 is 0. The molecule has 0 saturated carbocycles. The molecule has 0 bridgehead atoms. The van der Waals surface area contributed by atoms with E-state index in [0.717, 1.165) is 5.75 Å². The molecule has 76 valence electrons. The van der Waals surface area contributed by atoms with E-state index in [1.807, 2.05) is 18.2 Å². The summed E-state index contributed by atoms with van der Waals surface area (Å²) in [7, 11) is 0. The van der Waals surface area contributed by atoms with Crippen LogP contribution in [-0.2, 0) is 0 Å². The molecule has 0 atom stereocenters. The van der Waals surface area contributed by atoms with Crippen LogP contribution in [-0.4, -0.2) is 6.61 Å². The molecule has 0 fully saturated rings. The van der Waals surface area contributed by atoms with E-state index in [1.54, 1.807) is 0 Å². The molecule has 1 aromatic carbocycles. The molecule has 1 nitrogen and oxygen atoms in total. The molecule has 1 aromatic rings. The van der Waals surface area contributed by atoms with Gasteiger partial charge < -0.3 is 4.74 Å². The van der Waals surface area contributed by atoms with Crippen LogP contribution in [0.5, 0.6) is 5.75 Å². The highest BCUT2D eigenvalue weighted by Gasteiger charge is 1.91. The monoisotopic (exact) mass is 190 g/mol. The Hall–Kier alpha value is -1.24. The Morgan fingerprint density at radius 3 is 2.79 bits per heavy atom.